The molecule has 3 rings (SSSR count). The maximum atomic E-state index is 12.4. The molecule has 0 aliphatic rings. The number of hydrogen-bond acceptors (Lipinski definition) is 2. The van der Waals surface area contributed by atoms with Crippen molar-refractivity contribution in [2.75, 3.05) is 5.32 Å². The number of halogens is 1. The van der Waals surface area contributed by atoms with Crippen LogP contribution in [0, 0.1) is 13.8 Å². The molecule has 1 N–H and O–H groups in total. The maximum Gasteiger partial charge on any atom is 0.291 e. The normalized spacial score (nSPS) is 10.6. The van der Waals surface area contributed by atoms with Gasteiger partial charge in [-0.15, -0.1) is 0 Å². The number of nitrogens with one attached hydrogen (secondary N) is 1. The third kappa shape index (κ3) is 3.30. The highest BCUT2D eigenvalue weighted by atomic mass is 35.5. The number of rotatable bonds is 3. The summed E-state index contributed by atoms with van der Waals surface area (Å²) in [6, 6.07) is 16.7. The molecule has 4 heteroatoms. The average Bonchev–Trinajstić information content (AvgIpc) is 3.01. The van der Waals surface area contributed by atoms with Crippen molar-refractivity contribution in [3.63, 3.8) is 0 Å². The van der Waals surface area contributed by atoms with Gasteiger partial charge in [-0.2, -0.15) is 0 Å². The number of carbonyl (C=O) groups excluding carboxylic acids is 1. The summed E-state index contributed by atoms with van der Waals surface area (Å²) >= 11 is 6.16. The predicted octanol–water partition coefficient (Wildman–Crippen LogP) is 5.47. The molecular weight excluding hydrogens is 310 g/mol. The summed E-state index contributed by atoms with van der Waals surface area (Å²) in [4.78, 5) is 12.4. The summed E-state index contributed by atoms with van der Waals surface area (Å²) in [5.41, 5.74) is 3.63. The topological polar surface area (TPSA) is 42.2 Å². The van der Waals surface area contributed by atoms with Gasteiger partial charge in [-0.05, 0) is 55.3 Å². The number of furan rings is 1. The van der Waals surface area contributed by atoms with Crippen molar-refractivity contribution in [1.29, 1.82) is 0 Å². The lowest BCUT2D eigenvalue weighted by molar-refractivity contribution is 0.0997. The second kappa shape index (κ2) is 6.31. The van der Waals surface area contributed by atoms with Crippen molar-refractivity contribution >= 4 is 23.2 Å². The fraction of sp³-hybridized carbons (Fsp3) is 0.105. The van der Waals surface area contributed by atoms with Crippen molar-refractivity contribution in [3.05, 3.63) is 76.5 Å². The molecule has 0 bridgehead atoms. The first kappa shape index (κ1) is 15.4. The number of aryl methyl sites for hydroxylation is 2. The molecule has 0 radical (unpaired) electrons. The highest BCUT2D eigenvalue weighted by Crippen LogP contribution is 2.29. The molecule has 23 heavy (non-hydrogen) atoms. The molecule has 0 fully saturated rings. The lowest BCUT2D eigenvalue weighted by Gasteiger charge is -2.08. The van der Waals surface area contributed by atoms with E-state index in [2.05, 4.69) is 5.32 Å². The molecule has 0 saturated heterocycles. The molecule has 116 valence electrons. The first-order valence-electron chi connectivity index (χ1n) is 7.28. The third-order valence-corrected chi connectivity index (χ3v) is 3.94. The zero-order valence-corrected chi connectivity index (χ0v) is 13.6. The van der Waals surface area contributed by atoms with Crippen LogP contribution in [0.5, 0.6) is 0 Å². The molecule has 1 heterocycles. The van der Waals surface area contributed by atoms with E-state index in [0.29, 0.717) is 10.8 Å². The third-order valence-electron chi connectivity index (χ3n) is 3.61. The molecule has 0 saturated carbocycles. The Bertz CT molecular complexity index is 867. The second-order valence-corrected chi connectivity index (χ2v) is 5.82. The number of anilines is 1. The Labute approximate surface area is 139 Å². The van der Waals surface area contributed by atoms with E-state index in [1.54, 1.807) is 18.2 Å². The van der Waals surface area contributed by atoms with Crippen molar-refractivity contribution in [1.82, 2.24) is 0 Å². The molecule has 0 aliphatic carbocycles. The van der Waals surface area contributed by atoms with Gasteiger partial charge in [0.2, 0.25) is 0 Å². The van der Waals surface area contributed by atoms with E-state index in [4.69, 9.17) is 16.0 Å². The smallest absolute Gasteiger partial charge is 0.291 e. The fourth-order valence-electron chi connectivity index (χ4n) is 2.32. The predicted molar refractivity (Wildman–Crippen MR) is 93.0 cm³/mol. The van der Waals surface area contributed by atoms with E-state index in [1.165, 1.54) is 0 Å². The van der Waals surface area contributed by atoms with Gasteiger partial charge in [0.1, 0.15) is 5.76 Å². The lowest BCUT2D eigenvalue weighted by atomic mass is 10.1. The Kier molecular flexibility index (Phi) is 4.22. The van der Waals surface area contributed by atoms with Gasteiger partial charge in [0, 0.05) is 11.3 Å². The van der Waals surface area contributed by atoms with Crippen LogP contribution in [-0.4, -0.2) is 5.91 Å². The van der Waals surface area contributed by atoms with Crippen LogP contribution in [0.15, 0.2) is 59.0 Å². The van der Waals surface area contributed by atoms with E-state index in [-0.39, 0.29) is 11.7 Å². The largest absolute Gasteiger partial charge is 0.451 e. The Hall–Kier alpha value is -2.52. The zero-order chi connectivity index (χ0) is 16.4. The molecule has 3 nitrogen and oxygen atoms in total. The van der Waals surface area contributed by atoms with Gasteiger partial charge in [-0.25, -0.2) is 0 Å². The van der Waals surface area contributed by atoms with E-state index < -0.39 is 0 Å². The monoisotopic (exact) mass is 325 g/mol. The number of amides is 1. The molecule has 0 atom stereocenters. The molecule has 3 aromatic rings. The number of hydrogen-bond donors (Lipinski definition) is 1. The molecule has 1 amide bonds. The minimum atomic E-state index is -0.281. The highest BCUT2D eigenvalue weighted by molar-refractivity contribution is 6.33. The quantitative estimate of drug-likeness (QED) is 0.693. The zero-order valence-electron chi connectivity index (χ0n) is 12.9. The lowest BCUT2D eigenvalue weighted by Crippen LogP contribution is -2.11. The van der Waals surface area contributed by atoms with Gasteiger partial charge >= 0.3 is 0 Å². The van der Waals surface area contributed by atoms with E-state index in [9.17, 15) is 4.79 Å². The summed E-state index contributed by atoms with van der Waals surface area (Å²) in [5.74, 6) is 0.541. The SMILES string of the molecule is Cc1ccc(C)c(NC(=O)c2ccc(-c3ccccc3Cl)o2)c1. The van der Waals surface area contributed by atoms with Crippen LogP contribution in [0.1, 0.15) is 21.7 Å². The van der Waals surface area contributed by atoms with Gasteiger partial charge in [0.15, 0.2) is 5.76 Å². The van der Waals surface area contributed by atoms with Gasteiger partial charge in [-0.1, -0.05) is 35.9 Å². The minimum Gasteiger partial charge on any atom is -0.451 e. The fourth-order valence-corrected chi connectivity index (χ4v) is 2.55. The van der Waals surface area contributed by atoms with Crippen LogP contribution in [0.4, 0.5) is 5.69 Å². The minimum absolute atomic E-state index is 0.251. The van der Waals surface area contributed by atoms with E-state index in [1.807, 2.05) is 50.2 Å². The molecule has 0 spiro atoms. The van der Waals surface area contributed by atoms with Crippen molar-refractivity contribution in [2.24, 2.45) is 0 Å². The van der Waals surface area contributed by atoms with Gasteiger partial charge in [-0.3, -0.25) is 4.79 Å². The van der Waals surface area contributed by atoms with Crippen molar-refractivity contribution in [2.45, 2.75) is 13.8 Å². The first-order valence-corrected chi connectivity index (χ1v) is 7.66. The van der Waals surface area contributed by atoms with Gasteiger partial charge < -0.3 is 9.73 Å². The molecule has 2 aromatic carbocycles. The Morgan fingerprint density at radius 1 is 1.04 bits per heavy atom. The van der Waals surface area contributed by atoms with Crippen LogP contribution >= 0.6 is 11.6 Å². The number of benzene rings is 2. The standard InChI is InChI=1S/C19H16ClNO2/c1-12-7-8-13(2)16(11-12)21-19(22)18-10-9-17(23-18)14-5-3-4-6-15(14)20/h3-11H,1-2H3,(H,21,22). The van der Waals surface area contributed by atoms with E-state index >= 15 is 0 Å². The van der Waals surface area contributed by atoms with Crippen molar-refractivity contribution in [3.8, 4) is 11.3 Å². The Morgan fingerprint density at radius 3 is 2.61 bits per heavy atom. The molecular formula is C19H16ClNO2. The van der Waals surface area contributed by atoms with Crippen LogP contribution in [0.2, 0.25) is 5.02 Å². The van der Waals surface area contributed by atoms with Gasteiger partial charge in [0.05, 0.1) is 5.02 Å². The summed E-state index contributed by atoms with van der Waals surface area (Å²) < 4.78 is 5.66. The Morgan fingerprint density at radius 2 is 1.83 bits per heavy atom. The molecule has 0 unspecified atom stereocenters. The second-order valence-electron chi connectivity index (χ2n) is 5.42. The average molecular weight is 326 g/mol. The van der Waals surface area contributed by atoms with Crippen LogP contribution in [-0.2, 0) is 0 Å². The number of carbonyl (C=O) groups is 1. The summed E-state index contributed by atoms with van der Waals surface area (Å²) in [6.45, 7) is 3.93. The highest BCUT2D eigenvalue weighted by Gasteiger charge is 2.14. The Balaban J connectivity index is 1.84. The summed E-state index contributed by atoms with van der Waals surface area (Å²) in [7, 11) is 0. The van der Waals surface area contributed by atoms with Crippen LogP contribution < -0.4 is 5.32 Å². The summed E-state index contributed by atoms with van der Waals surface area (Å²) in [5, 5.41) is 3.47. The molecule has 1 aromatic heterocycles. The molecule has 0 aliphatic heterocycles. The van der Waals surface area contributed by atoms with Crippen LogP contribution in [0.3, 0.4) is 0 Å². The first-order chi connectivity index (χ1) is 11.0. The van der Waals surface area contributed by atoms with E-state index in [0.717, 1.165) is 22.4 Å². The van der Waals surface area contributed by atoms with Gasteiger partial charge in [0.25, 0.3) is 5.91 Å². The van der Waals surface area contributed by atoms with Crippen LogP contribution in [0.25, 0.3) is 11.3 Å². The summed E-state index contributed by atoms with van der Waals surface area (Å²) in [6.07, 6.45) is 0. The van der Waals surface area contributed by atoms with Crippen molar-refractivity contribution < 1.29 is 9.21 Å². The maximum absolute atomic E-state index is 12.4.